The zero-order chi connectivity index (χ0) is 12.1. The largest absolute Gasteiger partial charge is 0.493 e. The van der Waals surface area contributed by atoms with Crippen LogP contribution in [0.25, 0.3) is 0 Å². The molecule has 0 N–H and O–H groups in total. The van der Waals surface area contributed by atoms with E-state index in [0.717, 1.165) is 11.3 Å². The molecule has 4 nitrogen and oxygen atoms in total. The van der Waals surface area contributed by atoms with Crippen LogP contribution in [-0.2, 0) is 6.61 Å². The Kier molecular flexibility index (Phi) is 3.72. The molecule has 0 unspecified atom stereocenters. The molecule has 0 aliphatic heterocycles. The Bertz CT molecular complexity index is 496. The van der Waals surface area contributed by atoms with Crippen LogP contribution in [0, 0.1) is 0 Å². The number of carbonyl (C=O) groups excluding carboxylic acids is 1. The fourth-order valence-electron chi connectivity index (χ4n) is 1.34. The minimum Gasteiger partial charge on any atom is -0.493 e. The summed E-state index contributed by atoms with van der Waals surface area (Å²) in [6.45, 7) is 0.397. The first-order valence-corrected chi connectivity index (χ1v) is 5.86. The van der Waals surface area contributed by atoms with Gasteiger partial charge in [-0.25, -0.2) is 4.98 Å². The average molecular weight is 249 g/mol. The molecule has 0 saturated carbocycles. The topological polar surface area (TPSA) is 48.4 Å². The van der Waals surface area contributed by atoms with E-state index in [-0.39, 0.29) is 0 Å². The number of carbonyl (C=O) groups is 1. The fourth-order valence-corrected chi connectivity index (χ4v) is 1.87. The maximum atomic E-state index is 10.6. The third-order valence-electron chi connectivity index (χ3n) is 2.16. The zero-order valence-corrected chi connectivity index (χ0v) is 10.1. The van der Waals surface area contributed by atoms with E-state index >= 15 is 0 Å². The fraction of sp³-hybridized carbons (Fsp3) is 0.167. The number of rotatable bonds is 5. The van der Waals surface area contributed by atoms with Gasteiger partial charge in [0.1, 0.15) is 17.9 Å². The zero-order valence-electron chi connectivity index (χ0n) is 9.25. The summed E-state index contributed by atoms with van der Waals surface area (Å²) in [5, 5.41) is 2.79. The molecule has 0 fully saturated rings. The number of aldehydes is 1. The van der Waals surface area contributed by atoms with Crippen molar-refractivity contribution in [2.24, 2.45) is 0 Å². The Hall–Kier alpha value is -1.88. The maximum absolute atomic E-state index is 10.6. The summed E-state index contributed by atoms with van der Waals surface area (Å²) in [7, 11) is 1.54. The monoisotopic (exact) mass is 249 g/mol. The molecule has 0 atom stereocenters. The van der Waals surface area contributed by atoms with Crippen LogP contribution in [0.3, 0.4) is 0 Å². The van der Waals surface area contributed by atoms with Crippen molar-refractivity contribution < 1.29 is 14.3 Å². The Morgan fingerprint density at radius 1 is 1.41 bits per heavy atom. The summed E-state index contributed by atoms with van der Waals surface area (Å²) in [5.41, 5.74) is 0.559. The van der Waals surface area contributed by atoms with Crippen molar-refractivity contribution in [3.63, 3.8) is 0 Å². The van der Waals surface area contributed by atoms with Gasteiger partial charge in [-0.3, -0.25) is 4.79 Å². The highest BCUT2D eigenvalue weighted by Crippen LogP contribution is 2.28. The predicted octanol–water partition coefficient (Wildman–Crippen LogP) is 2.54. The first-order chi connectivity index (χ1) is 8.33. The number of nitrogens with zero attached hydrogens (tertiary/aromatic N) is 1. The molecule has 0 bridgehead atoms. The quantitative estimate of drug-likeness (QED) is 0.764. The molecule has 0 aliphatic rings. The van der Waals surface area contributed by atoms with Gasteiger partial charge in [0.05, 0.1) is 7.11 Å². The van der Waals surface area contributed by atoms with Crippen molar-refractivity contribution in [1.82, 2.24) is 4.98 Å². The number of hydrogen-bond acceptors (Lipinski definition) is 5. The van der Waals surface area contributed by atoms with E-state index in [4.69, 9.17) is 9.47 Å². The van der Waals surface area contributed by atoms with Crippen LogP contribution in [0.4, 0.5) is 0 Å². The van der Waals surface area contributed by atoms with Crippen LogP contribution < -0.4 is 9.47 Å². The Labute approximate surface area is 103 Å². The summed E-state index contributed by atoms with van der Waals surface area (Å²) in [5.74, 6) is 1.15. The second-order valence-corrected chi connectivity index (χ2v) is 4.22. The van der Waals surface area contributed by atoms with Gasteiger partial charge >= 0.3 is 0 Å². The molecule has 1 aromatic carbocycles. The summed E-state index contributed by atoms with van der Waals surface area (Å²) >= 11 is 1.53. The molecule has 17 heavy (non-hydrogen) atoms. The highest BCUT2D eigenvalue weighted by Gasteiger charge is 2.06. The smallest absolute Gasteiger partial charge is 0.161 e. The van der Waals surface area contributed by atoms with E-state index in [1.807, 2.05) is 5.38 Å². The number of benzene rings is 1. The van der Waals surface area contributed by atoms with E-state index in [1.165, 1.54) is 11.3 Å². The van der Waals surface area contributed by atoms with Crippen LogP contribution >= 0.6 is 11.3 Å². The summed E-state index contributed by atoms with van der Waals surface area (Å²) in [6.07, 6.45) is 2.50. The predicted molar refractivity (Wildman–Crippen MR) is 64.8 cm³/mol. The lowest BCUT2D eigenvalue weighted by molar-refractivity contribution is 0.112. The van der Waals surface area contributed by atoms with Crippen molar-refractivity contribution in [2.45, 2.75) is 6.61 Å². The lowest BCUT2D eigenvalue weighted by Gasteiger charge is -2.09. The molecule has 0 amide bonds. The summed E-state index contributed by atoms with van der Waals surface area (Å²) in [6, 6.07) is 5.05. The van der Waals surface area contributed by atoms with Gasteiger partial charge < -0.3 is 9.47 Å². The molecule has 2 aromatic rings. The van der Waals surface area contributed by atoms with Gasteiger partial charge in [0.2, 0.25) is 0 Å². The van der Waals surface area contributed by atoms with Crippen molar-refractivity contribution in [2.75, 3.05) is 7.11 Å². The molecule has 1 aromatic heterocycles. The van der Waals surface area contributed by atoms with Crippen LogP contribution in [0.15, 0.2) is 29.8 Å². The van der Waals surface area contributed by atoms with Gasteiger partial charge in [-0.15, -0.1) is 11.3 Å². The van der Waals surface area contributed by atoms with E-state index in [9.17, 15) is 4.79 Å². The van der Waals surface area contributed by atoms with Crippen molar-refractivity contribution in [1.29, 1.82) is 0 Å². The highest BCUT2D eigenvalue weighted by molar-refractivity contribution is 7.09. The van der Waals surface area contributed by atoms with E-state index in [1.54, 1.807) is 31.5 Å². The standard InChI is InChI=1S/C12H11NO3S/c1-15-11-6-9(7-14)2-3-10(11)16-8-12-13-4-5-17-12/h2-7H,8H2,1H3. The van der Waals surface area contributed by atoms with Gasteiger partial charge in [0.15, 0.2) is 11.5 Å². The van der Waals surface area contributed by atoms with Crippen molar-refractivity contribution in [3.05, 3.63) is 40.3 Å². The molecule has 0 saturated heterocycles. The molecule has 5 heteroatoms. The molecule has 2 rings (SSSR count). The first-order valence-electron chi connectivity index (χ1n) is 4.98. The molecule has 0 aliphatic carbocycles. The van der Waals surface area contributed by atoms with Gasteiger partial charge in [-0.1, -0.05) is 0 Å². The molecular weight excluding hydrogens is 238 g/mol. The van der Waals surface area contributed by atoms with Crippen molar-refractivity contribution >= 4 is 17.6 Å². The third kappa shape index (κ3) is 2.82. The number of hydrogen-bond donors (Lipinski definition) is 0. The SMILES string of the molecule is COc1cc(C=O)ccc1OCc1nccs1. The molecule has 88 valence electrons. The van der Waals surface area contributed by atoms with Gasteiger partial charge in [-0.05, 0) is 18.2 Å². The third-order valence-corrected chi connectivity index (χ3v) is 2.91. The average Bonchev–Trinajstić information content (AvgIpc) is 2.89. The minimum absolute atomic E-state index is 0.397. The second-order valence-electron chi connectivity index (χ2n) is 3.24. The van der Waals surface area contributed by atoms with Crippen LogP contribution in [0.5, 0.6) is 11.5 Å². The summed E-state index contributed by atoms with van der Waals surface area (Å²) < 4.78 is 10.7. The molecule has 1 heterocycles. The minimum atomic E-state index is 0.397. The number of ether oxygens (including phenoxy) is 2. The first kappa shape index (κ1) is 11.6. The molecule has 0 radical (unpaired) electrons. The Morgan fingerprint density at radius 2 is 2.29 bits per heavy atom. The van der Waals surface area contributed by atoms with Gasteiger partial charge in [0.25, 0.3) is 0 Å². The van der Waals surface area contributed by atoms with Gasteiger partial charge in [0, 0.05) is 17.1 Å². The van der Waals surface area contributed by atoms with Crippen LogP contribution in [0.1, 0.15) is 15.4 Å². The molecular formula is C12H11NO3S. The maximum Gasteiger partial charge on any atom is 0.161 e. The van der Waals surface area contributed by atoms with Crippen LogP contribution in [0.2, 0.25) is 0 Å². The van der Waals surface area contributed by atoms with Gasteiger partial charge in [-0.2, -0.15) is 0 Å². The number of aromatic nitrogens is 1. The second kappa shape index (κ2) is 5.45. The number of thiazole rings is 1. The highest BCUT2D eigenvalue weighted by atomic mass is 32.1. The Balaban J connectivity index is 2.12. The van der Waals surface area contributed by atoms with E-state index < -0.39 is 0 Å². The van der Waals surface area contributed by atoms with Crippen LogP contribution in [-0.4, -0.2) is 18.4 Å². The van der Waals surface area contributed by atoms with E-state index in [2.05, 4.69) is 4.98 Å². The normalized spacial score (nSPS) is 9.94. The van der Waals surface area contributed by atoms with Crippen molar-refractivity contribution in [3.8, 4) is 11.5 Å². The summed E-state index contributed by atoms with van der Waals surface area (Å²) in [4.78, 5) is 14.7. The lowest BCUT2D eigenvalue weighted by atomic mass is 10.2. The lowest BCUT2D eigenvalue weighted by Crippen LogP contribution is -1.97. The number of methoxy groups -OCH3 is 1. The molecule has 0 spiro atoms. The van der Waals surface area contributed by atoms with E-state index in [0.29, 0.717) is 23.7 Å². The Morgan fingerprint density at radius 3 is 2.94 bits per heavy atom.